The number of rotatable bonds is 2. The van der Waals surface area contributed by atoms with E-state index in [0.29, 0.717) is 17.1 Å². The zero-order valence-corrected chi connectivity index (χ0v) is 11.0. The maximum atomic E-state index is 13.2. The SMILES string of the molecule is CC1CN(Cc2cc(F)cc(Cl)c2)CC(C)N1. The number of nitrogens with one attached hydrogen (secondary N) is 1. The van der Waals surface area contributed by atoms with Gasteiger partial charge in [-0.05, 0) is 37.6 Å². The first kappa shape index (κ1) is 12.8. The van der Waals surface area contributed by atoms with Crippen molar-refractivity contribution in [1.82, 2.24) is 10.2 Å². The van der Waals surface area contributed by atoms with Crippen molar-refractivity contribution in [1.29, 1.82) is 0 Å². The van der Waals surface area contributed by atoms with E-state index in [0.717, 1.165) is 25.2 Å². The summed E-state index contributed by atoms with van der Waals surface area (Å²) in [5.74, 6) is -0.260. The highest BCUT2D eigenvalue weighted by Crippen LogP contribution is 2.17. The van der Waals surface area contributed by atoms with Crippen LogP contribution in [0.3, 0.4) is 0 Å². The molecule has 2 rings (SSSR count). The van der Waals surface area contributed by atoms with Gasteiger partial charge in [0.15, 0.2) is 0 Å². The molecule has 1 fully saturated rings. The van der Waals surface area contributed by atoms with Crippen LogP contribution in [0.1, 0.15) is 19.4 Å². The summed E-state index contributed by atoms with van der Waals surface area (Å²) in [6, 6.07) is 5.69. The summed E-state index contributed by atoms with van der Waals surface area (Å²) in [7, 11) is 0. The maximum Gasteiger partial charge on any atom is 0.125 e. The second-order valence-corrected chi connectivity index (χ2v) is 5.38. The highest BCUT2D eigenvalue weighted by Gasteiger charge is 2.20. The van der Waals surface area contributed by atoms with Gasteiger partial charge in [0.05, 0.1) is 0 Å². The van der Waals surface area contributed by atoms with Gasteiger partial charge in [0.1, 0.15) is 5.82 Å². The predicted molar refractivity (Wildman–Crippen MR) is 68.7 cm³/mol. The molecular formula is C13H18ClFN2. The number of piperazine rings is 1. The fraction of sp³-hybridized carbons (Fsp3) is 0.538. The Morgan fingerprint density at radius 2 is 1.94 bits per heavy atom. The lowest BCUT2D eigenvalue weighted by Gasteiger charge is -2.36. The highest BCUT2D eigenvalue weighted by molar-refractivity contribution is 6.30. The Morgan fingerprint density at radius 1 is 1.29 bits per heavy atom. The van der Waals surface area contributed by atoms with E-state index in [4.69, 9.17) is 11.6 Å². The molecule has 94 valence electrons. The van der Waals surface area contributed by atoms with E-state index in [9.17, 15) is 4.39 Å². The van der Waals surface area contributed by atoms with Crippen LogP contribution in [0.15, 0.2) is 18.2 Å². The van der Waals surface area contributed by atoms with Gasteiger partial charge in [-0.25, -0.2) is 4.39 Å². The van der Waals surface area contributed by atoms with Crippen LogP contribution in [0.25, 0.3) is 0 Å². The molecule has 4 heteroatoms. The Hall–Kier alpha value is -0.640. The minimum absolute atomic E-state index is 0.260. The lowest BCUT2D eigenvalue weighted by atomic mass is 10.1. The lowest BCUT2D eigenvalue weighted by molar-refractivity contribution is 0.166. The van der Waals surface area contributed by atoms with Crippen molar-refractivity contribution in [3.63, 3.8) is 0 Å². The number of benzene rings is 1. The summed E-state index contributed by atoms with van der Waals surface area (Å²) < 4.78 is 13.2. The van der Waals surface area contributed by atoms with Crippen LogP contribution in [0.4, 0.5) is 4.39 Å². The first-order valence-corrected chi connectivity index (χ1v) is 6.34. The Kier molecular flexibility index (Phi) is 4.02. The molecular weight excluding hydrogens is 239 g/mol. The number of hydrogen-bond donors (Lipinski definition) is 1. The van der Waals surface area contributed by atoms with E-state index in [-0.39, 0.29) is 5.82 Å². The van der Waals surface area contributed by atoms with Crippen LogP contribution >= 0.6 is 11.6 Å². The Labute approximate surface area is 107 Å². The standard InChI is InChI=1S/C13H18ClFN2/c1-9-6-17(7-10(2)16-9)8-11-3-12(14)5-13(15)4-11/h3-5,9-10,16H,6-8H2,1-2H3. The molecule has 1 aromatic carbocycles. The molecule has 0 amide bonds. The first-order valence-electron chi connectivity index (χ1n) is 5.96. The van der Waals surface area contributed by atoms with Gasteiger partial charge in [0.2, 0.25) is 0 Å². The van der Waals surface area contributed by atoms with Gasteiger partial charge in [-0.3, -0.25) is 4.90 Å². The molecule has 0 saturated carbocycles. The molecule has 1 aliphatic rings. The maximum absolute atomic E-state index is 13.2. The quantitative estimate of drug-likeness (QED) is 0.875. The van der Waals surface area contributed by atoms with Gasteiger partial charge in [0.25, 0.3) is 0 Å². The van der Waals surface area contributed by atoms with E-state index in [2.05, 4.69) is 24.1 Å². The van der Waals surface area contributed by atoms with Gasteiger partial charge < -0.3 is 5.32 Å². The lowest BCUT2D eigenvalue weighted by Crippen LogP contribution is -2.53. The average Bonchev–Trinajstić information content (AvgIpc) is 2.13. The van der Waals surface area contributed by atoms with Crippen LogP contribution < -0.4 is 5.32 Å². The summed E-state index contributed by atoms with van der Waals surface area (Å²) in [6.45, 7) is 7.06. The molecule has 17 heavy (non-hydrogen) atoms. The Morgan fingerprint density at radius 3 is 2.53 bits per heavy atom. The highest BCUT2D eigenvalue weighted by atomic mass is 35.5. The van der Waals surface area contributed by atoms with E-state index >= 15 is 0 Å². The fourth-order valence-corrected chi connectivity index (χ4v) is 2.77. The number of hydrogen-bond acceptors (Lipinski definition) is 2. The summed E-state index contributed by atoms with van der Waals surface area (Å²) in [6.07, 6.45) is 0. The molecule has 0 bridgehead atoms. The molecule has 0 aliphatic carbocycles. The van der Waals surface area contributed by atoms with Crippen molar-refractivity contribution in [3.8, 4) is 0 Å². The molecule has 2 nitrogen and oxygen atoms in total. The van der Waals surface area contributed by atoms with Crippen LogP contribution in [-0.2, 0) is 6.54 Å². The Bertz CT molecular complexity index is 367. The van der Waals surface area contributed by atoms with Crippen LogP contribution in [0.5, 0.6) is 0 Å². The van der Waals surface area contributed by atoms with Crippen molar-refractivity contribution in [2.24, 2.45) is 0 Å². The zero-order valence-electron chi connectivity index (χ0n) is 10.2. The van der Waals surface area contributed by atoms with E-state index in [1.54, 1.807) is 6.07 Å². The topological polar surface area (TPSA) is 15.3 Å². The third-order valence-electron chi connectivity index (χ3n) is 2.96. The predicted octanol–water partition coefficient (Wildman–Crippen LogP) is 2.66. The second kappa shape index (κ2) is 5.34. The minimum Gasteiger partial charge on any atom is -0.309 e. The second-order valence-electron chi connectivity index (χ2n) is 4.94. The normalized spacial score (nSPS) is 26.1. The number of halogens is 2. The van der Waals surface area contributed by atoms with Crippen molar-refractivity contribution >= 4 is 11.6 Å². The summed E-state index contributed by atoms with van der Waals surface area (Å²) >= 11 is 5.85. The largest absolute Gasteiger partial charge is 0.309 e. The van der Waals surface area contributed by atoms with Gasteiger partial charge in [-0.2, -0.15) is 0 Å². The molecule has 0 spiro atoms. The van der Waals surface area contributed by atoms with Crippen LogP contribution in [0, 0.1) is 5.82 Å². The monoisotopic (exact) mass is 256 g/mol. The van der Waals surface area contributed by atoms with Crippen molar-refractivity contribution in [2.45, 2.75) is 32.5 Å². The smallest absolute Gasteiger partial charge is 0.125 e. The van der Waals surface area contributed by atoms with Crippen molar-refractivity contribution in [3.05, 3.63) is 34.6 Å². The van der Waals surface area contributed by atoms with Crippen molar-refractivity contribution < 1.29 is 4.39 Å². The van der Waals surface area contributed by atoms with E-state index in [1.165, 1.54) is 6.07 Å². The van der Waals surface area contributed by atoms with Crippen LogP contribution in [-0.4, -0.2) is 30.1 Å². The summed E-state index contributed by atoms with van der Waals surface area (Å²) in [5.41, 5.74) is 0.941. The molecule has 1 saturated heterocycles. The zero-order chi connectivity index (χ0) is 12.4. The van der Waals surface area contributed by atoms with Gasteiger partial charge in [-0.1, -0.05) is 11.6 Å². The molecule has 1 aliphatic heterocycles. The number of nitrogens with zero attached hydrogens (tertiary/aromatic N) is 1. The van der Waals surface area contributed by atoms with Gasteiger partial charge in [-0.15, -0.1) is 0 Å². The van der Waals surface area contributed by atoms with E-state index < -0.39 is 0 Å². The molecule has 2 atom stereocenters. The van der Waals surface area contributed by atoms with E-state index in [1.807, 2.05) is 6.07 Å². The molecule has 0 radical (unpaired) electrons. The molecule has 1 aromatic rings. The van der Waals surface area contributed by atoms with Crippen LogP contribution in [0.2, 0.25) is 5.02 Å². The third-order valence-corrected chi connectivity index (χ3v) is 3.18. The Balaban J connectivity index is 2.04. The summed E-state index contributed by atoms with van der Waals surface area (Å²) in [5, 5.41) is 3.94. The molecule has 1 N–H and O–H groups in total. The molecule has 2 unspecified atom stereocenters. The molecule has 1 heterocycles. The first-order chi connectivity index (χ1) is 8.02. The van der Waals surface area contributed by atoms with Gasteiger partial charge >= 0.3 is 0 Å². The third kappa shape index (κ3) is 3.66. The minimum atomic E-state index is -0.260. The fourth-order valence-electron chi connectivity index (χ4n) is 2.53. The van der Waals surface area contributed by atoms with Gasteiger partial charge in [0, 0.05) is 36.7 Å². The molecule has 0 aromatic heterocycles. The average molecular weight is 257 g/mol. The summed E-state index contributed by atoms with van der Waals surface area (Å²) in [4.78, 5) is 2.33. The van der Waals surface area contributed by atoms with Crippen molar-refractivity contribution in [2.75, 3.05) is 13.1 Å².